The molecule has 3 aromatic heterocycles. The Morgan fingerprint density at radius 3 is 2.77 bits per heavy atom. The Morgan fingerprint density at radius 2 is 2.15 bits per heavy atom. The molecule has 3 rings (SSSR count). The first-order valence-corrected chi connectivity index (χ1v) is 8.65. The van der Waals surface area contributed by atoms with Crippen LogP contribution < -0.4 is 0 Å². The summed E-state index contributed by atoms with van der Waals surface area (Å²) in [5.41, 5.74) is 5.31. The van der Waals surface area contributed by atoms with Gasteiger partial charge in [0.15, 0.2) is 5.65 Å². The summed E-state index contributed by atoms with van der Waals surface area (Å²) in [7, 11) is 0. The molecule has 6 heteroatoms. The maximum atomic E-state index is 11.1. The third-order valence-corrected chi connectivity index (χ3v) is 4.28. The molecule has 0 aliphatic rings. The minimum Gasteiger partial charge on any atom is -0.478 e. The van der Waals surface area contributed by atoms with Gasteiger partial charge in [0.2, 0.25) is 0 Å². The standard InChI is InChI=1S/C20H22N4O2/c1-5-24-20-16(11-22-24)18(14-8-9-21-13(4)10-14)15(6-7-17(25)26)19(23-20)12(2)3/h6-12H,5H2,1-4H3,(H,25,26). The fourth-order valence-electron chi connectivity index (χ4n) is 3.13. The highest BCUT2D eigenvalue weighted by Crippen LogP contribution is 2.36. The lowest BCUT2D eigenvalue weighted by Crippen LogP contribution is -2.04. The average Bonchev–Trinajstić information content (AvgIpc) is 3.01. The van der Waals surface area contributed by atoms with Crippen molar-refractivity contribution >= 4 is 23.1 Å². The Morgan fingerprint density at radius 1 is 1.38 bits per heavy atom. The summed E-state index contributed by atoms with van der Waals surface area (Å²) in [5.74, 6) is -0.851. The van der Waals surface area contributed by atoms with E-state index in [4.69, 9.17) is 10.1 Å². The van der Waals surface area contributed by atoms with Crippen LogP contribution in [0, 0.1) is 6.92 Å². The van der Waals surface area contributed by atoms with Gasteiger partial charge in [-0.3, -0.25) is 4.98 Å². The maximum Gasteiger partial charge on any atom is 0.328 e. The lowest BCUT2D eigenvalue weighted by molar-refractivity contribution is -0.131. The first kappa shape index (κ1) is 17.8. The zero-order chi connectivity index (χ0) is 18.8. The number of nitrogens with zero attached hydrogens (tertiary/aromatic N) is 4. The summed E-state index contributed by atoms with van der Waals surface area (Å²) in [6.45, 7) is 8.79. The summed E-state index contributed by atoms with van der Waals surface area (Å²) < 4.78 is 1.86. The number of hydrogen-bond donors (Lipinski definition) is 1. The van der Waals surface area contributed by atoms with E-state index in [0.29, 0.717) is 6.54 Å². The van der Waals surface area contributed by atoms with Crippen LogP contribution in [0.2, 0.25) is 0 Å². The van der Waals surface area contributed by atoms with Crippen molar-refractivity contribution in [3.8, 4) is 11.1 Å². The number of carboxylic acid groups (broad SMARTS) is 1. The zero-order valence-corrected chi connectivity index (χ0v) is 15.4. The number of aromatic nitrogens is 4. The first-order valence-electron chi connectivity index (χ1n) is 8.65. The van der Waals surface area contributed by atoms with Crippen LogP contribution in [0.5, 0.6) is 0 Å². The van der Waals surface area contributed by atoms with Crippen LogP contribution in [0.1, 0.15) is 43.6 Å². The minimum absolute atomic E-state index is 0.134. The van der Waals surface area contributed by atoms with Gasteiger partial charge in [-0.15, -0.1) is 0 Å². The van der Waals surface area contributed by atoms with Gasteiger partial charge in [-0.1, -0.05) is 13.8 Å². The summed E-state index contributed by atoms with van der Waals surface area (Å²) in [6.07, 6.45) is 6.37. The molecule has 0 aromatic carbocycles. The number of carboxylic acids is 1. The predicted molar refractivity (Wildman–Crippen MR) is 102 cm³/mol. The number of carbonyl (C=O) groups is 1. The van der Waals surface area contributed by atoms with Gasteiger partial charge >= 0.3 is 5.97 Å². The van der Waals surface area contributed by atoms with Crippen molar-refractivity contribution in [2.24, 2.45) is 0 Å². The molecule has 0 atom stereocenters. The molecule has 0 aliphatic heterocycles. The summed E-state index contributed by atoms with van der Waals surface area (Å²) >= 11 is 0. The second kappa shape index (κ2) is 7.07. The molecular weight excluding hydrogens is 328 g/mol. The van der Waals surface area contributed by atoms with Gasteiger partial charge in [-0.25, -0.2) is 14.5 Å². The molecule has 3 heterocycles. The minimum atomic E-state index is -0.985. The fraction of sp³-hybridized carbons (Fsp3) is 0.300. The average molecular weight is 350 g/mol. The molecule has 0 fully saturated rings. The Hall–Kier alpha value is -3.02. The second-order valence-electron chi connectivity index (χ2n) is 6.50. The Kier molecular flexibility index (Phi) is 4.84. The fourth-order valence-corrected chi connectivity index (χ4v) is 3.13. The molecule has 0 saturated heterocycles. The number of aliphatic carboxylic acids is 1. The van der Waals surface area contributed by atoms with E-state index >= 15 is 0 Å². The van der Waals surface area contributed by atoms with Crippen LogP contribution >= 0.6 is 0 Å². The smallest absolute Gasteiger partial charge is 0.328 e. The molecule has 6 nitrogen and oxygen atoms in total. The van der Waals surface area contributed by atoms with Crippen molar-refractivity contribution in [1.82, 2.24) is 19.7 Å². The van der Waals surface area contributed by atoms with Gasteiger partial charge in [0, 0.05) is 41.0 Å². The van der Waals surface area contributed by atoms with Crippen LogP contribution in [0.4, 0.5) is 0 Å². The van der Waals surface area contributed by atoms with Gasteiger partial charge < -0.3 is 5.11 Å². The monoisotopic (exact) mass is 350 g/mol. The lowest BCUT2D eigenvalue weighted by Gasteiger charge is -2.16. The molecule has 0 unspecified atom stereocenters. The van der Waals surface area contributed by atoms with E-state index in [1.165, 1.54) is 0 Å². The topological polar surface area (TPSA) is 80.9 Å². The molecular formula is C20H22N4O2. The van der Waals surface area contributed by atoms with E-state index in [0.717, 1.165) is 45.2 Å². The SMILES string of the molecule is CCn1ncc2c(-c3ccnc(C)c3)c(C=CC(=O)O)c(C(C)C)nc21. The van der Waals surface area contributed by atoms with Crippen molar-refractivity contribution in [3.05, 3.63) is 47.6 Å². The highest BCUT2D eigenvalue weighted by atomic mass is 16.4. The van der Waals surface area contributed by atoms with Crippen molar-refractivity contribution in [2.45, 2.75) is 40.2 Å². The second-order valence-corrected chi connectivity index (χ2v) is 6.50. The van der Waals surface area contributed by atoms with E-state index in [1.54, 1.807) is 18.5 Å². The highest BCUT2D eigenvalue weighted by molar-refractivity contribution is 5.99. The number of rotatable bonds is 5. The molecule has 0 amide bonds. The molecule has 26 heavy (non-hydrogen) atoms. The first-order chi connectivity index (χ1) is 12.4. The quantitative estimate of drug-likeness (QED) is 0.702. The highest BCUT2D eigenvalue weighted by Gasteiger charge is 2.20. The molecule has 0 spiro atoms. The van der Waals surface area contributed by atoms with Crippen molar-refractivity contribution < 1.29 is 9.90 Å². The van der Waals surface area contributed by atoms with Crippen LogP contribution in [0.3, 0.4) is 0 Å². The maximum absolute atomic E-state index is 11.1. The van der Waals surface area contributed by atoms with Crippen molar-refractivity contribution in [1.29, 1.82) is 0 Å². The number of aryl methyl sites for hydroxylation is 2. The normalized spacial score (nSPS) is 11.7. The van der Waals surface area contributed by atoms with E-state index in [1.807, 2.05) is 30.7 Å². The Labute approximate surface area is 152 Å². The number of hydrogen-bond acceptors (Lipinski definition) is 4. The van der Waals surface area contributed by atoms with Crippen LogP contribution in [0.25, 0.3) is 28.2 Å². The zero-order valence-electron chi connectivity index (χ0n) is 15.4. The van der Waals surface area contributed by atoms with Crippen LogP contribution in [-0.4, -0.2) is 30.8 Å². The molecule has 1 N–H and O–H groups in total. The third kappa shape index (κ3) is 3.22. The Bertz CT molecular complexity index is 1000. The molecule has 0 saturated carbocycles. The lowest BCUT2D eigenvalue weighted by atomic mass is 9.92. The molecule has 3 aromatic rings. The number of fused-ring (bicyclic) bond motifs is 1. The van der Waals surface area contributed by atoms with E-state index in [2.05, 4.69) is 23.9 Å². The summed E-state index contributed by atoms with van der Waals surface area (Å²) in [5, 5.41) is 14.5. The van der Waals surface area contributed by atoms with Gasteiger partial charge in [0.1, 0.15) is 0 Å². The summed E-state index contributed by atoms with van der Waals surface area (Å²) in [6, 6.07) is 3.94. The largest absolute Gasteiger partial charge is 0.478 e. The predicted octanol–water partition coefficient (Wildman–Crippen LogP) is 4.04. The van der Waals surface area contributed by atoms with Crippen LogP contribution in [-0.2, 0) is 11.3 Å². The summed E-state index contributed by atoms with van der Waals surface area (Å²) in [4.78, 5) is 20.2. The van der Waals surface area contributed by atoms with E-state index in [-0.39, 0.29) is 5.92 Å². The van der Waals surface area contributed by atoms with E-state index < -0.39 is 5.97 Å². The van der Waals surface area contributed by atoms with Gasteiger partial charge in [-0.05, 0) is 43.5 Å². The third-order valence-electron chi connectivity index (χ3n) is 4.28. The molecule has 0 bridgehead atoms. The molecule has 0 radical (unpaired) electrons. The Balaban J connectivity index is 2.45. The van der Waals surface area contributed by atoms with Crippen molar-refractivity contribution in [3.63, 3.8) is 0 Å². The molecule has 0 aliphatic carbocycles. The van der Waals surface area contributed by atoms with Crippen molar-refractivity contribution in [2.75, 3.05) is 0 Å². The van der Waals surface area contributed by atoms with Crippen LogP contribution in [0.15, 0.2) is 30.6 Å². The number of pyridine rings is 2. The van der Waals surface area contributed by atoms with E-state index in [9.17, 15) is 4.79 Å². The van der Waals surface area contributed by atoms with Gasteiger partial charge in [0.05, 0.1) is 11.9 Å². The molecule has 134 valence electrons. The van der Waals surface area contributed by atoms with Gasteiger partial charge in [0.25, 0.3) is 0 Å². The van der Waals surface area contributed by atoms with Gasteiger partial charge in [-0.2, -0.15) is 5.10 Å².